The highest BCUT2D eigenvalue weighted by Crippen LogP contribution is 2.54. The van der Waals surface area contributed by atoms with Crippen LogP contribution in [0.3, 0.4) is 0 Å². The lowest BCUT2D eigenvalue weighted by Gasteiger charge is -2.50. The van der Waals surface area contributed by atoms with Crippen molar-refractivity contribution in [2.75, 3.05) is 33.1 Å². The van der Waals surface area contributed by atoms with Crippen molar-refractivity contribution in [2.24, 2.45) is 17.3 Å². The van der Waals surface area contributed by atoms with E-state index < -0.39 is 57.9 Å². The number of rotatable bonds is 6. The van der Waals surface area contributed by atoms with Gasteiger partial charge in [0, 0.05) is 31.3 Å². The third-order valence-electron chi connectivity index (χ3n) is 8.74. The van der Waals surface area contributed by atoms with E-state index >= 15 is 0 Å². The summed E-state index contributed by atoms with van der Waals surface area (Å²) in [7, 11) is 6.99. The van der Waals surface area contributed by atoms with E-state index in [1.807, 2.05) is 25.1 Å². The number of nitrogens with zero attached hydrogens (tertiary/aromatic N) is 2. The van der Waals surface area contributed by atoms with Crippen LogP contribution < -0.4 is 4.90 Å². The van der Waals surface area contributed by atoms with E-state index in [1.165, 1.54) is 0 Å². The van der Waals surface area contributed by atoms with Crippen molar-refractivity contribution in [3.63, 3.8) is 0 Å². The van der Waals surface area contributed by atoms with Crippen molar-refractivity contribution in [1.82, 2.24) is 4.90 Å². The van der Waals surface area contributed by atoms with Crippen LogP contribution in [-0.4, -0.2) is 82.5 Å². The number of carbonyl (C=O) groups is 3. The number of anilines is 1. The Labute approximate surface area is 235 Å². The molecule has 0 radical (unpaired) electrons. The molecule has 9 nitrogen and oxygen atoms in total. The summed E-state index contributed by atoms with van der Waals surface area (Å²) >= 11 is 0. The van der Waals surface area contributed by atoms with Crippen molar-refractivity contribution in [3.8, 4) is 5.75 Å². The first kappa shape index (κ1) is 29.8. The number of benzene rings is 1. The molecule has 0 bridgehead atoms. The smallest absolute Gasteiger partial charge is 0.202 e. The highest BCUT2D eigenvalue weighted by atomic mass is 16.3. The molecule has 0 heterocycles. The Hall–Kier alpha value is -3.17. The number of aliphatic hydroxyl groups is 3. The van der Waals surface area contributed by atoms with Crippen LogP contribution in [0.15, 0.2) is 23.0 Å². The molecule has 4 atom stereocenters. The second kappa shape index (κ2) is 10.0. The number of aromatic hydroxyl groups is 1. The van der Waals surface area contributed by atoms with Crippen molar-refractivity contribution in [3.05, 3.63) is 39.7 Å². The average molecular weight is 555 g/mol. The number of Topliss-reactive ketones (excluding diaryl/α,β-unsaturated/α-hetero) is 3. The molecule has 3 aliphatic rings. The number of ketones is 3. The molecule has 3 aliphatic carbocycles. The number of hydrogen-bond donors (Lipinski definition) is 4. The van der Waals surface area contributed by atoms with Gasteiger partial charge in [-0.15, -0.1) is 0 Å². The summed E-state index contributed by atoms with van der Waals surface area (Å²) in [4.78, 5) is 43.2. The van der Waals surface area contributed by atoms with Gasteiger partial charge in [-0.1, -0.05) is 20.8 Å². The van der Waals surface area contributed by atoms with Crippen molar-refractivity contribution in [1.29, 1.82) is 0 Å². The van der Waals surface area contributed by atoms with E-state index in [2.05, 4.69) is 20.8 Å². The number of aliphatic hydroxyl groups excluding tert-OH is 2. The molecule has 40 heavy (non-hydrogen) atoms. The third-order valence-corrected chi connectivity index (χ3v) is 8.74. The van der Waals surface area contributed by atoms with Crippen LogP contribution in [0.2, 0.25) is 0 Å². The van der Waals surface area contributed by atoms with Crippen LogP contribution in [-0.2, 0) is 27.2 Å². The standard InChI is InChI=1S/C31H42N2O7/c1-15(34)21-27(37)24(33(7)8)19-13-17-12-18-20(32(5)6)14-16(10-9-11-30(2,3)4)25(35)23(18)26(36)22(17)29(39)31(19,40)28(21)38/h14,17,19,24,35-36,38,40H,9-13H2,1-8H3/t17-,19-,24-,31+/m0/s1. The molecule has 1 aromatic carbocycles. The normalized spacial score (nSPS) is 26.6. The summed E-state index contributed by atoms with van der Waals surface area (Å²) in [5.74, 6) is -5.45. The fraction of sp³-hybridized carbons (Fsp3) is 0.581. The molecule has 1 fully saturated rings. The maximum Gasteiger partial charge on any atom is 0.202 e. The summed E-state index contributed by atoms with van der Waals surface area (Å²) in [6.07, 6.45) is 2.70. The molecule has 0 aromatic heterocycles. The van der Waals surface area contributed by atoms with Crippen molar-refractivity contribution >= 4 is 28.8 Å². The van der Waals surface area contributed by atoms with Crippen molar-refractivity contribution < 1.29 is 34.8 Å². The van der Waals surface area contributed by atoms with Gasteiger partial charge in [-0.2, -0.15) is 0 Å². The zero-order valence-electron chi connectivity index (χ0n) is 24.8. The van der Waals surface area contributed by atoms with Crippen LogP contribution >= 0.6 is 0 Å². The van der Waals surface area contributed by atoms with Crippen LogP contribution in [0.25, 0.3) is 5.76 Å². The summed E-state index contributed by atoms with van der Waals surface area (Å²) in [6, 6.07) is 0.900. The molecule has 1 aromatic rings. The fourth-order valence-electron chi connectivity index (χ4n) is 6.85. The number of likely N-dealkylation sites (N-methyl/N-ethyl adjacent to an activating group) is 1. The van der Waals surface area contributed by atoms with Crippen LogP contribution in [0.4, 0.5) is 5.69 Å². The molecule has 4 rings (SSSR count). The molecule has 0 amide bonds. The van der Waals surface area contributed by atoms with Gasteiger partial charge >= 0.3 is 0 Å². The fourth-order valence-corrected chi connectivity index (χ4v) is 6.85. The Morgan fingerprint density at radius 2 is 1.73 bits per heavy atom. The number of phenolic OH excluding ortho intramolecular Hbond substituents is 1. The quantitative estimate of drug-likeness (QED) is 0.389. The molecule has 4 N–H and O–H groups in total. The van der Waals surface area contributed by atoms with Gasteiger partial charge in [-0.3, -0.25) is 19.3 Å². The largest absolute Gasteiger partial charge is 0.508 e. The average Bonchev–Trinajstić information content (AvgIpc) is 2.81. The first-order valence-electron chi connectivity index (χ1n) is 13.8. The van der Waals surface area contributed by atoms with E-state index in [-0.39, 0.29) is 35.1 Å². The number of phenols is 1. The van der Waals surface area contributed by atoms with E-state index in [0.717, 1.165) is 25.5 Å². The zero-order valence-corrected chi connectivity index (χ0v) is 24.8. The number of fused-ring (bicyclic) bond motifs is 3. The summed E-state index contributed by atoms with van der Waals surface area (Å²) in [5, 5.41) is 45.9. The number of aryl methyl sites for hydroxylation is 1. The molecule has 0 spiro atoms. The second-order valence-electron chi connectivity index (χ2n) is 13.2. The van der Waals surface area contributed by atoms with E-state index in [1.54, 1.807) is 19.0 Å². The first-order chi connectivity index (χ1) is 18.4. The molecule has 1 saturated carbocycles. The van der Waals surface area contributed by atoms with E-state index in [4.69, 9.17) is 0 Å². The SMILES string of the molecule is CC(=O)C1=C(O)[C@@]2(O)C(=O)C3=C(O)c4c(O)c(CCCC(C)(C)C)cc(N(C)C)c4C[C@H]3C[C@H]2[C@H](N(C)C)C1=O. The maximum atomic E-state index is 14.1. The Morgan fingerprint density at radius 1 is 1.10 bits per heavy atom. The predicted octanol–water partition coefficient (Wildman–Crippen LogP) is 3.50. The van der Waals surface area contributed by atoms with Crippen LogP contribution in [0, 0.1) is 17.3 Å². The topological polar surface area (TPSA) is 139 Å². The first-order valence-corrected chi connectivity index (χ1v) is 13.8. The third kappa shape index (κ3) is 4.53. The van der Waals surface area contributed by atoms with E-state index in [0.29, 0.717) is 17.5 Å². The molecule has 0 aliphatic heterocycles. The van der Waals surface area contributed by atoms with Gasteiger partial charge in [0.05, 0.1) is 11.6 Å². The molecule has 218 valence electrons. The highest BCUT2D eigenvalue weighted by molar-refractivity contribution is 6.25. The van der Waals surface area contributed by atoms with Gasteiger partial charge in [0.1, 0.15) is 22.8 Å². The molecular formula is C31H42N2O7. The van der Waals surface area contributed by atoms with E-state index in [9.17, 15) is 34.8 Å². The Balaban J connectivity index is 1.91. The zero-order chi connectivity index (χ0) is 30.1. The predicted molar refractivity (Wildman–Crippen MR) is 152 cm³/mol. The molecular weight excluding hydrogens is 512 g/mol. The van der Waals surface area contributed by atoms with Gasteiger partial charge < -0.3 is 25.3 Å². The van der Waals surface area contributed by atoms with Crippen LogP contribution in [0.5, 0.6) is 5.75 Å². The van der Waals surface area contributed by atoms with Crippen LogP contribution in [0.1, 0.15) is 63.6 Å². The highest BCUT2D eigenvalue weighted by Gasteiger charge is 2.64. The van der Waals surface area contributed by atoms with Gasteiger partial charge in [0.2, 0.25) is 5.78 Å². The maximum absolute atomic E-state index is 14.1. The minimum Gasteiger partial charge on any atom is -0.508 e. The van der Waals surface area contributed by atoms with Gasteiger partial charge in [-0.05, 0) is 81.6 Å². The minimum atomic E-state index is -2.56. The number of hydrogen-bond acceptors (Lipinski definition) is 9. The monoisotopic (exact) mass is 554 g/mol. The Bertz CT molecular complexity index is 1350. The Morgan fingerprint density at radius 3 is 2.25 bits per heavy atom. The second-order valence-corrected chi connectivity index (χ2v) is 13.2. The lowest BCUT2D eigenvalue weighted by molar-refractivity contribution is -0.153. The summed E-state index contributed by atoms with van der Waals surface area (Å²) < 4.78 is 0. The lowest BCUT2D eigenvalue weighted by atomic mass is 9.57. The summed E-state index contributed by atoms with van der Waals surface area (Å²) in [6.45, 7) is 7.55. The van der Waals surface area contributed by atoms with Gasteiger partial charge in [-0.25, -0.2) is 0 Å². The van der Waals surface area contributed by atoms with Gasteiger partial charge in [0.25, 0.3) is 0 Å². The molecule has 9 heteroatoms. The Kier molecular flexibility index (Phi) is 7.47. The lowest BCUT2D eigenvalue weighted by Crippen LogP contribution is -2.65. The molecule has 0 unspecified atom stereocenters. The summed E-state index contributed by atoms with van der Waals surface area (Å²) in [5.41, 5.74) is -0.849. The van der Waals surface area contributed by atoms with Crippen molar-refractivity contribution in [2.45, 2.75) is 71.4 Å². The molecule has 0 saturated heterocycles. The number of carbonyl (C=O) groups excluding carboxylic acids is 3. The minimum absolute atomic E-state index is 0.0978. The van der Waals surface area contributed by atoms with Gasteiger partial charge in [0.15, 0.2) is 17.2 Å².